The second kappa shape index (κ2) is 10.1. The zero-order valence-electron chi connectivity index (χ0n) is 18.6. The van der Waals surface area contributed by atoms with Crippen molar-refractivity contribution in [1.82, 2.24) is 15.2 Å². The number of nitrogens with one attached hydrogen (secondary N) is 1. The average Bonchev–Trinajstić information content (AvgIpc) is 3.37. The van der Waals surface area contributed by atoms with Crippen LogP contribution in [0.1, 0.15) is 29.3 Å². The number of hydrogen-bond acceptors (Lipinski definition) is 2. The smallest absolute Gasteiger partial charge is 0.181 e. The lowest BCUT2D eigenvalue weighted by atomic mass is 9.87. The van der Waals surface area contributed by atoms with Gasteiger partial charge in [0.2, 0.25) is 0 Å². The SMILES string of the molecule is c1ccc(CC(CCc2nc(-c3ccccc3)n[nH]2)c2ccc(-c3ccccc3)cc2)cc1. The summed E-state index contributed by atoms with van der Waals surface area (Å²) in [5.74, 6) is 2.10. The minimum atomic E-state index is 0.405. The molecule has 1 heterocycles. The third kappa shape index (κ3) is 5.27. The molecular weight excluding hydrogens is 402 g/mol. The first-order valence-electron chi connectivity index (χ1n) is 11.5. The van der Waals surface area contributed by atoms with Gasteiger partial charge in [0.25, 0.3) is 0 Å². The van der Waals surface area contributed by atoms with Gasteiger partial charge in [0, 0.05) is 12.0 Å². The Hall–Kier alpha value is -3.98. The number of benzene rings is 4. The van der Waals surface area contributed by atoms with Crippen LogP contribution in [0.3, 0.4) is 0 Å². The molecule has 1 unspecified atom stereocenters. The van der Waals surface area contributed by atoms with Crippen LogP contribution in [0, 0.1) is 0 Å². The average molecular weight is 430 g/mol. The van der Waals surface area contributed by atoms with Crippen LogP contribution < -0.4 is 0 Å². The molecule has 1 atom stereocenters. The van der Waals surface area contributed by atoms with Gasteiger partial charge in [0.1, 0.15) is 5.82 Å². The summed E-state index contributed by atoms with van der Waals surface area (Å²) in [5, 5.41) is 7.57. The van der Waals surface area contributed by atoms with E-state index in [2.05, 4.69) is 95.1 Å². The van der Waals surface area contributed by atoms with Gasteiger partial charge < -0.3 is 0 Å². The van der Waals surface area contributed by atoms with Crippen molar-refractivity contribution >= 4 is 0 Å². The highest BCUT2D eigenvalue weighted by atomic mass is 15.2. The van der Waals surface area contributed by atoms with Crippen LogP contribution in [0.15, 0.2) is 115 Å². The van der Waals surface area contributed by atoms with Crippen LogP contribution in [-0.2, 0) is 12.8 Å². The van der Waals surface area contributed by atoms with Gasteiger partial charge in [-0.2, -0.15) is 5.10 Å². The Kier molecular flexibility index (Phi) is 6.39. The van der Waals surface area contributed by atoms with Gasteiger partial charge in [-0.1, -0.05) is 115 Å². The molecule has 162 valence electrons. The van der Waals surface area contributed by atoms with Crippen molar-refractivity contribution < 1.29 is 0 Å². The fraction of sp³-hybridized carbons (Fsp3) is 0.133. The van der Waals surface area contributed by atoms with Crippen LogP contribution in [0.5, 0.6) is 0 Å². The lowest BCUT2D eigenvalue weighted by Gasteiger charge is -2.18. The molecule has 4 aromatic carbocycles. The van der Waals surface area contributed by atoms with E-state index >= 15 is 0 Å². The Morgan fingerprint density at radius 2 is 1.18 bits per heavy atom. The summed E-state index contributed by atoms with van der Waals surface area (Å²) in [6.07, 6.45) is 2.87. The number of nitrogens with zero attached hydrogens (tertiary/aromatic N) is 2. The van der Waals surface area contributed by atoms with E-state index in [1.54, 1.807) is 0 Å². The van der Waals surface area contributed by atoms with Crippen molar-refractivity contribution in [2.75, 3.05) is 0 Å². The summed E-state index contributed by atoms with van der Waals surface area (Å²) >= 11 is 0. The van der Waals surface area contributed by atoms with Crippen molar-refractivity contribution in [3.05, 3.63) is 132 Å². The van der Waals surface area contributed by atoms with E-state index in [9.17, 15) is 0 Å². The minimum Gasteiger partial charge on any atom is -0.263 e. The molecule has 3 heteroatoms. The summed E-state index contributed by atoms with van der Waals surface area (Å²) in [7, 11) is 0. The van der Waals surface area contributed by atoms with Crippen molar-refractivity contribution in [2.24, 2.45) is 0 Å². The maximum atomic E-state index is 4.74. The molecule has 0 fully saturated rings. The molecule has 0 aliphatic rings. The molecule has 0 aliphatic carbocycles. The number of rotatable bonds is 8. The van der Waals surface area contributed by atoms with E-state index in [1.807, 2.05) is 30.3 Å². The molecule has 0 saturated carbocycles. The predicted molar refractivity (Wildman–Crippen MR) is 135 cm³/mol. The second-order valence-electron chi connectivity index (χ2n) is 8.39. The van der Waals surface area contributed by atoms with E-state index in [0.717, 1.165) is 36.5 Å². The van der Waals surface area contributed by atoms with Crippen molar-refractivity contribution in [1.29, 1.82) is 0 Å². The van der Waals surface area contributed by atoms with Gasteiger partial charge in [-0.3, -0.25) is 5.10 Å². The third-order valence-electron chi connectivity index (χ3n) is 6.11. The third-order valence-corrected chi connectivity index (χ3v) is 6.11. The zero-order valence-corrected chi connectivity index (χ0v) is 18.6. The molecule has 0 bridgehead atoms. The second-order valence-corrected chi connectivity index (χ2v) is 8.39. The molecule has 0 aliphatic heterocycles. The molecule has 5 aromatic rings. The standard InChI is InChI=1S/C30H27N3/c1-4-10-23(11-5-1)22-28(26-18-16-25(17-19-26)24-12-6-2-7-13-24)20-21-29-31-30(33-32-29)27-14-8-3-9-15-27/h1-19,28H,20-22H2,(H,31,32,33). The number of hydrogen-bond donors (Lipinski definition) is 1. The summed E-state index contributed by atoms with van der Waals surface area (Å²) in [5.41, 5.74) is 6.26. The van der Waals surface area contributed by atoms with Crippen LogP contribution in [0.4, 0.5) is 0 Å². The molecule has 0 amide bonds. The van der Waals surface area contributed by atoms with Crippen LogP contribution in [-0.4, -0.2) is 15.2 Å². The minimum absolute atomic E-state index is 0.405. The number of aryl methyl sites for hydroxylation is 1. The Morgan fingerprint density at radius 3 is 1.85 bits per heavy atom. The first-order chi connectivity index (χ1) is 16.3. The van der Waals surface area contributed by atoms with Crippen molar-refractivity contribution in [3.8, 4) is 22.5 Å². The highest BCUT2D eigenvalue weighted by Gasteiger charge is 2.15. The van der Waals surface area contributed by atoms with Crippen LogP contribution >= 0.6 is 0 Å². The molecule has 1 aromatic heterocycles. The first-order valence-corrected chi connectivity index (χ1v) is 11.5. The number of H-pyrrole nitrogens is 1. The van der Waals surface area contributed by atoms with E-state index in [0.29, 0.717) is 5.92 Å². The first kappa shape index (κ1) is 20.9. The summed E-state index contributed by atoms with van der Waals surface area (Å²) < 4.78 is 0. The zero-order chi connectivity index (χ0) is 22.3. The van der Waals surface area contributed by atoms with E-state index in [-0.39, 0.29) is 0 Å². The van der Waals surface area contributed by atoms with Gasteiger partial charge in [-0.05, 0) is 41.0 Å². The van der Waals surface area contributed by atoms with Crippen LogP contribution in [0.2, 0.25) is 0 Å². The van der Waals surface area contributed by atoms with Crippen molar-refractivity contribution in [3.63, 3.8) is 0 Å². The monoisotopic (exact) mass is 429 g/mol. The lowest BCUT2D eigenvalue weighted by Crippen LogP contribution is -2.06. The maximum Gasteiger partial charge on any atom is 0.181 e. The van der Waals surface area contributed by atoms with Gasteiger partial charge in [0.05, 0.1) is 0 Å². The molecular formula is C30H27N3. The van der Waals surface area contributed by atoms with Crippen LogP contribution in [0.25, 0.3) is 22.5 Å². The molecule has 5 rings (SSSR count). The van der Waals surface area contributed by atoms with E-state index in [4.69, 9.17) is 4.98 Å². The van der Waals surface area contributed by atoms with Crippen molar-refractivity contribution in [2.45, 2.75) is 25.2 Å². The Balaban J connectivity index is 1.34. The Labute approximate surface area is 195 Å². The Morgan fingerprint density at radius 1 is 0.606 bits per heavy atom. The van der Waals surface area contributed by atoms with E-state index in [1.165, 1.54) is 22.3 Å². The predicted octanol–water partition coefficient (Wildman–Crippen LogP) is 7.10. The molecule has 1 N–H and O–H groups in total. The molecule has 0 spiro atoms. The fourth-order valence-corrected chi connectivity index (χ4v) is 4.30. The van der Waals surface area contributed by atoms with Gasteiger partial charge >= 0.3 is 0 Å². The topological polar surface area (TPSA) is 41.6 Å². The van der Waals surface area contributed by atoms with Gasteiger partial charge in [-0.15, -0.1) is 0 Å². The molecule has 0 saturated heterocycles. The molecule has 3 nitrogen and oxygen atoms in total. The summed E-state index contributed by atoms with van der Waals surface area (Å²) in [4.78, 5) is 4.74. The highest BCUT2D eigenvalue weighted by Crippen LogP contribution is 2.28. The van der Waals surface area contributed by atoms with E-state index < -0.39 is 0 Å². The summed E-state index contributed by atoms with van der Waals surface area (Å²) in [6.45, 7) is 0. The number of aromatic amines is 1. The Bertz CT molecular complexity index is 1260. The molecule has 33 heavy (non-hydrogen) atoms. The normalized spacial score (nSPS) is 11.9. The lowest BCUT2D eigenvalue weighted by molar-refractivity contribution is 0.609. The largest absolute Gasteiger partial charge is 0.263 e. The van der Waals surface area contributed by atoms with Gasteiger partial charge in [0.15, 0.2) is 5.82 Å². The molecule has 0 radical (unpaired) electrons. The quantitative estimate of drug-likeness (QED) is 0.286. The highest BCUT2D eigenvalue weighted by molar-refractivity contribution is 5.63. The number of aromatic nitrogens is 3. The summed E-state index contributed by atoms with van der Waals surface area (Å²) in [6, 6.07) is 40.5. The fourth-order valence-electron chi connectivity index (χ4n) is 4.30. The maximum absolute atomic E-state index is 4.74. The van der Waals surface area contributed by atoms with Gasteiger partial charge in [-0.25, -0.2) is 4.98 Å².